The molecule has 32 heavy (non-hydrogen) atoms. The molecule has 0 spiro atoms. The number of likely N-dealkylation sites (tertiary alicyclic amines) is 1. The van der Waals surface area contributed by atoms with E-state index in [4.69, 9.17) is 16.3 Å². The van der Waals surface area contributed by atoms with Gasteiger partial charge in [0.1, 0.15) is 5.82 Å². The summed E-state index contributed by atoms with van der Waals surface area (Å²) in [6.07, 6.45) is 8.52. The van der Waals surface area contributed by atoms with Crippen molar-refractivity contribution in [3.63, 3.8) is 0 Å². The van der Waals surface area contributed by atoms with Crippen LogP contribution in [-0.2, 0) is 4.74 Å². The van der Waals surface area contributed by atoms with Gasteiger partial charge in [-0.25, -0.2) is 9.07 Å². The number of benzene rings is 1. The van der Waals surface area contributed by atoms with Gasteiger partial charge in [-0.3, -0.25) is 9.78 Å². The molecular formula is C23H25ClFN5O2. The van der Waals surface area contributed by atoms with Crippen molar-refractivity contribution in [3.8, 4) is 16.8 Å². The molecule has 0 saturated carbocycles. The maximum absolute atomic E-state index is 13.8. The number of hydrogen-bond donors (Lipinski definition) is 0. The molecule has 2 aromatic heterocycles. The van der Waals surface area contributed by atoms with E-state index in [0.717, 1.165) is 37.0 Å². The molecule has 0 aliphatic carbocycles. The standard InChI is InChI=1S/C23H25ClFN5O2/c1-28-5-4-22(23(13-28)32-3)29(2)17-7-18(11-26-10-17)30-12-16(9-27-30)19-6-15(14-31)21(25)8-20(19)24/h6-12,14,22-23H,4-5,13H2,1-3H3. The van der Waals surface area contributed by atoms with Gasteiger partial charge in [-0.15, -0.1) is 0 Å². The zero-order chi connectivity index (χ0) is 22.8. The summed E-state index contributed by atoms with van der Waals surface area (Å²) in [4.78, 5) is 20.0. The topological polar surface area (TPSA) is 63.5 Å². The fraction of sp³-hybridized carbons (Fsp3) is 0.348. The van der Waals surface area contributed by atoms with Crippen molar-refractivity contribution in [3.05, 3.63) is 59.4 Å². The van der Waals surface area contributed by atoms with Gasteiger partial charge in [0.05, 0.1) is 52.7 Å². The second-order valence-electron chi connectivity index (χ2n) is 8.05. The Kier molecular flexibility index (Phi) is 6.55. The van der Waals surface area contributed by atoms with Crippen LogP contribution in [0.2, 0.25) is 5.02 Å². The lowest BCUT2D eigenvalue weighted by Crippen LogP contribution is -2.53. The Morgan fingerprint density at radius 1 is 1.28 bits per heavy atom. The molecule has 2 atom stereocenters. The molecule has 2 unspecified atom stereocenters. The highest BCUT2D eigenvalue weighted by Gasteiger charge is 2.31. The summed E-state index contributed by atoms with van der Waals surface area (Å²) >= 11 is 6.21. The highest BCUT2D eigenvalue weighted by molar-refractivity contribution is 6.33. The van der Waals surface area contributed by atoms with Crippen LogP contribution >= 0.6 is 11.6 Å². The molecule has 168 valence electrons. The average Bonchev–Trinajstić information content (AvgIpc) is 3.29. The van der Waals surface area contributed by atoms with E-state index in [1.54, 1.807) is 30.4 Å². The van der Waals surface area contributed by atoms with Crippen molar-refractivity contribution >= 4 is 23.6 Å². The molecule has 7 nitrogen and oxygen atoms in total. The number of carbonyl (C=O) groups excluding carboxylic acids is 1. The normalized spacial score (nSPS) is 19.2. The molecule has 1 saturated heterocycles. The molecule has 0 N–H and O–H groups in total. The largest absolute Gasteiger partial charge is 0.378 e. The third-order valence-corrected chi connectivity index (χ3v) is 6.33. The quantitative estimate of drug-likeness (QED) is 0.526. The Labute approximate surface area is 191 Å². The second-order valence-corrected chi connectivity index (χ2v) is 8.46. The second kappa shape index (κ2) is 9.36. The first kappa shape index (κ1) is 22.4. The minimum Gasteiger partial charge on any atom is -0.378 e. The van der Waals surface area contributed by atoms with Crippen molar-refractivity contribution in [2.45, 2.75) is 18.6 Å². The molecule has 3 heterocycles. The van der Waals surface area contributed by atoms with Crippen LogP contribution in [0.3, 0.4) is 0 Å². The van der Waals surface area contributed by atoms with Crippen LogP contribution < -0.4 is 4.90 Å². The van der Waals surface area contributed by atoms with Crippen LogP contribution in [0.1, 0.15) is 16.8 Å². The number of methoxy groups -OCH3 is 1. The minimum atomic E-state index is -0.649. The van der Waals surface area contributed by atoms with E-state index >= 15 is 0 Å². The first-order valence-electron chi connectivity index (χ1n) is 10.3. The number of aromatic nitrogens is 3. The summed E-state index contributed by atoms with van der Waals surface area (Å²) in [5.41, 5.74) is 2.90. The molecule has 0 radical (unpaired) electrons. The van der Waals surface area contributed by atoms with Crippen molar-refractivity contribution in [1.82, 2.24) is 19.7 Å². The van der Waals surface area contributed by atoms with E-state index in [0.29, 0.717) is 17.4 Å². The molecule has 0 bridgehead atoms. The van der Waals surface area contributed by atoms with Gasteiger partial charge in [0.2, 0.25) is 0 Å². The third kappa shape index (κ3) is 4.39. The van der Waals surface area contributed by atoms with Crippen LogP contribution in [0.25, 0.3) is 16.8 Å². The number of aldehydes is 1. The number of piperidine rings is 1. The van der Waals surface area contributed by atoms with E-state index in [9.17, 15) is 9.18 Å². The first-order chi connectivity index (χ1) is 15.4. The minimum absolute atomic E-state index is 0.0479. The fourth-order valence-electron chi connectivity index (χ4n) is 4.14. The number of pyridine rings is 1. The fourth-order valence-corrected chi connectivity index (χ4v) is 4.40. The predicted octanol–water partition coefficient (Wildman–Crippen LogP) is 3.69. The van der Waals surface area contributed by atoms with Crippen LogP contribution in [0.5, 0.6) is 0 Å². The summed E-state index contributed by atoms with van der Waals surface area (Å²) in [5.74, 6) is -0.649. The smallest absolute Gasteiger partial charge is 0.153 e. The summed E-state index contributed by atoms with van der Waals surface area (Å²) in [5, 5.41) is 4.64. The van der Waals surface area contributed by atoms with Gasteiger partial charge in [0.15, 0.2) is 6.29 Å². The molecular weight excluding hydrogens is 433 g/mol. The van der Waals surface area contributed by atoms with Gasteiger partial charge in [-0.1, -0.05) is 11.6 Å². The number of anilines is 1. The first-order valence-corrected chi connectivity index (χ1v) is 10.7. The Morgan fingerprint density at radius 3 is 2.84 bits per heavy atom. The highest BCUT2D eigenvalue weighted by atomic mass is 35.5. The van der Waals surface area contributed by atoms with Crippen LogP contribution in [0.4, 0.5) is 10.1 Å². The lowest BCUT2D eigenvalue weighted by Gasteiger charge is -2.41. The number of hydrogen-bond acceptors (Lipinski definition) is 6. The molecule has 1 fully saturated rings. The zero-order valence-electron chi connectivity index (χ0n) is 18.2. The Bertz CT molecular complexity index is 1120. The molecule has 4 rings (SSSR count). The van der Waals surface area contributed by atoms with Crippen LogP contribution in [-0.4, -0.2) is 72.4 Å². The third-order valence-electron chi connectivity index (χ3n) is 6.02. The maximum atomic E-state index is 13.8. The monoisotopic (exact) mass is 457 g/mol. The van der Waals surface area contributed by atoms with E-state index in [1.165, 1.54) is 6.07 Å². The number of nitrogens with zero attached hydrogens (tertiary/aromatic N) is 5. The Balaban J connectivity index is 1.61. The Hall–Kier alpha value is -2.81. The number of rotatable bonds is 6. The zero-order valence-corrected chi connectivity index (χ0v) is 19.0. The van der Waals surface area contributed by atoms with Gasteiger partial charge in [-0.2, -0.15) is 5.10 Å². The number of halogens is 2. The van der Waals surface area contributed by atoms with Crippen LogP contribution in [0.15, 0.2) is 43.0 Å². The molecule has 1 aromatic carbocycles. The van der Waals surface area contributed by atoms with Gasteiger partial charge in [0.25, 0.3) is 0 Å². The molecule has 0 amide bonds. The SMILES string of the molecule is COC1CN(C)CCC1N(C)c1cncc(-n2cc(-c3cc(C=O)c(F)cc3Cl)cn2)c1. The van der Waals surface area contributed by atoms with Gasteiger partial charge in [0, 0.05) is 38.0 Å². The highest BCUT2D eigenvalue weighted by Crippen LogP contribution is 2.31. The van der Waals surface area contributed by atoms with Crippen molar-refractivity contribution < 1.29 is 13.9 Å². The predicted molar refractivity (Wildman–Crippen MR) is 122 cm³/mol. The van der Waals surface area contributed by atoms with E-state index in [-0.39, 0.29) is 22.7 Å². The lowest BCUT2D eigenvalue weighted by molar-refractivity contribution is 0.0242. The summed E-state index contributed by atoms with van der Waals surface area (Å²) < 4.78 is 21.2. The van der Waals surface area contributed by atoms with Gasteiger partial charge >= 0.3 is 0 Å². The van der Waals surface area contributed by atoms with E-state index in [1.807, 2.05) is 12.3 Å². The van der Waals surface area contributed by atoms with E-state index < -0.39 is 5.82 Å². The van der Waals surface area contributed by atoms with Crippen molar-refractivity contribution in [2.75, 3.05) is 39.2 Å². The number of likely N-dealkylation sites (N-methyl/N-ethyl adjacent to an activating group) is 2. The lowest BCUT2D eigenvalue weighted by atomic mass is 10.0. The average molecular weight is 458 g/mol. The van der Waals surface area contributed by atoms with Crippen LogP contribution in [0, 0.1) is 5.82 Å². The van der Waals surface area contributed by atoms with E-state index in [2.05, 4.69) is 34.0 Å². The summed E-state index contributed by atoms with van der Waals surface area (Å²) in [6.45, 7) is 1.88. The van der Waals surface area contributed by atoms with Gasteiger partial charge in [-0.05, 0) is 38.2 Å². The van der Waals surface area contributed by atoms with Gasteiger partial charge < -0.3 is 14.5 Å². The molecule has 3 aromatic rings. The summed E-state index contributed by atoms with van der Waals surface area (Å²) in [7, 11) is 5.91. The maximum Gasteiger partial charge on any atom is 0.153 e. The number of carbonyl (C=O) groups is 1. The molecule has 9 heteroatoms. The van der Waals surface area contributed by atoms with Crippen molar-refractivity contribution in [2.24, 2.45) is 0 Å². The number of ether oxygens (including phenoxy) is 1. The molecule has 1 aliphatic heterocycles. The Morgan fingerprint density at radius 2 is 2.09 bits per heavy atom. The van der Waals surface area contributed by atoms with Crippen molar-refractivity contribution in [1.29, 1.82) is 0 Å². The molecule has 1 aliphatic rings. The summed E-state index contributed by atoms with van der Waals surface area (Å²) in [6, 6.07) is 4.82.